The molecule has 0 amide bonds. The summed E-state index contributed by atoms with van der Waals surface area (Å²) in [5.74, 6) is 0.214. The smallest absolute Gasteiger partial charge is 0.138 e. The zero-order valence-corrected chi connectivity index (χ0v) is 11.7. The van der Waals surface area contributed by atoms with Crippen molar-refractivity contribution >= 4 is 27.5 Å². The molecule has 0 aliphatic rings. The first-order chi connectivity index (χ1) is 8.70. The molecule has 2 nitrogen and oxygen atoms in total. The Hall–Kier alpha value is -1.13. The lowest BCUT2D eigenvalue weighted by Crippen LogP contribution is -2.00. The van der Waals surface area contributed by atoms with Gasteiger partial charge in [0.25, 0.3) is 0 Å². The van der Waals surface area contributed by atoms with Crippen LogP contribution in [-0.4, -0.2) is 4.98 Å². The van der Waals surface area contributed by atoms with Crippen LogP contribution in [0.2, 0.25) is 5.02 Å². The fourth-order valence-corrected chi connectivity index (χ4v) is 1.95. The summed E-state index contributed by atoms with van der Waals surface area (Å²) in [6.45, 7) is 0.0842. The Morgan fingerprint density at radius 2 is 2.11 bits per heavy atom. The van der Waals surface area contributed by atoms with Gasteiger partial charge in [-0.05, 0) is 24.3 Å². The van der Waals surface area contributed by atoms with Crippen LogP contribution in [0.3, 0.4) is 0 Å². The monoisotopic (exact) mass is 329 g/mol. The molecule has 0 saturated carbocycles. The highest BCUT2D eigenvalue weighted by Gasteiger charge is 2.07. The van der Waals surface area contributed by atoms with Gasteiger partial charge in [-0.3, -0.25) is 4.98 Å². The first kappa shape index (κ1) is 13.3. The number of rotatable bonds is 4. The van der Waals surface area contributed by atoms with Gasteiger partial charge >= 0.3 is 0 Å². The predicted molar refractivity (Wildman–Crippen MR) is 72.6 cm³/mol. The summed E-state index contributed by atoms with van der Waals surface area (Å²) in [5, 5.41) is 1.05. The highest BCUT2D eigenvalue weighted by Crippen LogP contribution is 2.21. The Morgan fingerprint density at radius 3 is 2.72 bits per heavy atom. The molecule has 0 aliphatic heterocycles. The van der Waals surface area contributed by atoms with Crippen molar-refractivity contribution in [1.29, 1.82) is 0 Å². The largest absolute Gasteiger partial charge is 0.487 e. The molecule has 18 heavy (non-hydrogen) atoms. The van der Waals surface area contributed by atoms with E-state index in [0.717, 1.165) is 5.69 Å². The molecule has 0 bridgehead atoms. The minimum Gasteiger partial charge on any atom is -0.487 e. The molecular formula is C13H10BrClFNO. The Bertz CT molecular complexity index is 513. The molecule has 0 radical (unpaired) electrons. The van der Waals surface area contributed by atoms with Crippen LogP contribution in [0.1, 0.15) is 11.3 Å². The molecule has 0 N–H and O–H groups in total. The number of hydrogen-bond acceptors (Lipinski definition) is 2. The summed E-state index contributed by atoms with van der Waals surface area (Å²) in [4.78, 5) is 4.16. The van der Waals surface area contributed by atoms with E-state index >= 15 is 0 Å². The van der Waals surface area contributed by atoms with E-state index in [2.05, 4.69) is 20.9 Å². The minimum atomic E-state index is -0.368. The van der Waals surface area contributed by atoms with Gasteiger partial charge in [0.15, 0.2) is 0 Å². The van der Waals surface area contributed by atoms with E-state index in [4.69, 9.17) is 16.3 Å². The Kier molecular flexibility index (Phi) is 4.55. The fraction of sp³-hybridized carbons (Fsp3) is 0.154. The molecule has 0 saturated heterocycles. The van der Waals surface area contributed by atoms with Crippen molar-refractivity contribution in [2.45, 2.75) is 11.9 Å². The second-order valence-electron chi connectivity index (χ2n) is 3.61. The number of halogens is 3. The van der Waals surface area contributed by atoms with Gasteiger partial charge in [0.2, 0.25) is 0 Å². The molecule has 0 fully saturated rings. The minimum absolute atomic E-state index is 0.0842. The van der Waals surface area contributed by atoms with Crippen LogP contribution in [0.4, 0.5) is 4.39 Å². The van der Waals surface area contributed by atoms with Gasteiger partial charge in [0, 0.05) is 10.9 Å². The number of pyridine rings is 1. The number of aromatic nitrogens is 1. The predicted octanol–water partition coefficient (Wildman–Crippen LogP) is 4.35. The molecule has 0 spiro atoms. The molecule has 1 aromatic carbocycles. The van der Waals surface area contributed by atoms with E-state index in [-0.39, 0.29) is 12.4 Å². The summed E-state index contributed by atoms with van der Waals surface area (Å²) in [6, 6.07) is 8.19. The van der Waals surface area contributed by atoms with Crippen LogP contribution in [0, 0.1) is 5.82 Å². The van der Waals surface area contributed by atoms with Crippen LogP contribution in [0.15, 0.2) is 36.5 Å². The summed E-state index contributed by atoms with van der Waals surface area (Å²) >= 11 is 9.21. The molecule has 0 unspecified atom stereocenters. The van der Waals surface area contributed by atoms with Crippen LogP contribution >= 0.6 is 27.5 Å². The van der Waals surface area contributed by atoms with Gasteiger partial charge in [0.05, 0.1) is 16.9 Å². The summed E-state index contributed by atoms with van der Waals surface area (Å²) < 4.78 is 18.9. The molecule has 94 valence electrons. The van der Waals surface area contributed by atoms with E-state index in [1.807, 2.05) is 6.07 Å². The number of ether oxygens (including phenoxy) is 1. The van der Waals surface area contributed by atoms with E-state index < -0.39 is 0 Å². The summed E-state index contributed by atoms with van der Waals surface area (Å²) in [6.07, 6.45) is 1.60. The summed E-state index contributed by atoms with van der Waals surface area (Å²) in [7, 11) is 0. The second kappa shape index (κ2) is 6.16. The number of alkyl halides is 1. The highest BCUT2D eigenvalue weighted by molar-refractivity contribution is 9.08. The van der Waals surface area contributed by atoms with Crippen molar-refractivity contribution in [3.05, 3.63) is 58.6 Å². The lowest BCUT2D eigenvalue weighted by Gasteiger charge is -2.08. The lowest BCUT2D eigenvalue weighted by molar-refractivity contribution is 0.298. The molecule has 1 aromatic heterocycles. The van der Waals surface area contributed by atoms with Crippen LogP contribution in [0.5, 0.6) is 5.75 Å². The number of hydrogen-bond donors (Lipinski definition) is 0. The van der Waals surface area contributed by atoms with Crippen molar-refractivity contribution in [2.24, 2.45) is 0 Å². The van der Waals surface area contributed by atoms with Gasteiger partial charge in [0.1, 0.15) is 18.2 Å². The van der Waals surface area contributed by atoms with Crippen LogP contribution < -0.4 is 4.74 Å². The van der Waals surface area contributed by atoms with Gasteiger partial charge < -0.3 is 4.74 Å². The first-order valence-corrected chi connectivity index (χ1v) is 6.77. The highest BCUT2D eigenvalue weighted by atomic mass is 79.9. The summed E-state index contributed by atoms with van der Waals surface area (Å²) in [5.41, 5.74) is 1.26. The molecular weight excluding hydrogens is 321 g/mol. The van der Waals surface area contributed by atoms with Crippen molar-refractivity contribution in [1.82, 2.24) is 4.98 Å². The van der Waals surface area contributed by atoms with E-state index in [0.29, 0.717) is 21.7 Å². The molecule has 2 aromatic rings. The molecule has 2 rings (SSSR count). The third-order valence-corrected chi connectivity index (χ3v) is 3.31. The maximum atomic E-state index is 13.5. The second-order valence-corrected chi connectivity index (χ2v) is 4.58. The van der Waals surface area contributed by atoms with E-state index in [9.17, 15) is 4.39 Å². The molecule has 5 heteroatoms. The standard InChI is InChI=1S/C13H10BrClFNO/c14-6-9-4-5-10(7-17-9)18-8-11-12(15)2-1-3-13(11)16/h1-5,7H,6,8H2. The van der Waals surface area contributed by atoms with Gasteiger partial charge in [-0.2, -0.15) is 0 Å². The van der Waals surface area contributed by atoms with Gasteiger partial charge in [-0.25, -0.2) is 4.39 Å². The van der Waals surface area contributed by atoms with Crippen molar-refractivity contribution < 1.29 is 9.13 Å². The first-order valence-electron chi connectivity index (χ1n) is 5.27. The maximum Gasteiger partial charge on any atom is 0.138 e. The van der Waals surface area contributed by atoms with Gasteiger partial charge in [-0.15, -0.1) is 0 Å². The van der Waals surface area contributed by atoms with Crippen molar-refractivity contribution in [3.8, 4) is 5.75 Å². The number of benzene rings is 1. The molecule has 1 heterocycles. The SMILES string of the molecule is Fc1cccc(Cl)c1COc1ccc(CBr)nc1. The van der Waals surface area contributed by atoms with Crippen LogP contribution in [-0.2, 0) is 11.9 Å². The third-order valence-electron chi connectivity index (χ3n) is 2.38. The zero-order valence-electron chi connectivity index (χ0n) is 9.37. The maximum absolute atomic E-state index is 13.5. The fourth-order valence-electron chi connectivity index (χ4n) is 1.40. The van der Waals surface area contributed by atoms with Crippen molar-refractivity contribution in [3.63, 3.8) is 0 Å². The average Bonchev–Trinajstić information content (AvgIpc) is 2.39. The third kappa shape index (κ3) is 3.21. The Balaban J connectivity index is 2.06. The zero-order chi connectivity index (χ0) is 13.0. The Morgan fingerprint density at radius 1 is 1.28 bits per heavy atom. The van der Waals surface area contributed by atoms with E-state index in [1.165, 1.54) is 6.07 Å². The van der Waals surface area contributed by atoms with E-state index in [1.54, 1.807) is 24.4 Å². The Labute approximate surface area is 118 Å². The number of nitrogens with zero attached hydrogens (tertiary/aromatic N) is 1. The van der Waals surface area contributed by atoms with Crippen molar-refractivity contribution in [2.75, 3.05) is 0 Å². The van der Waals surface area contributed by atoms with Gasteiger partial charge in [-0.1, -0.05) is 33.6 Å². The topological polar surface area (TPSA) is 22.1 Å². The van der Waals surface area contributed by atoms with Crippen LogP contribution in [0.25, 0.3) is 0 Å². The quantitative estimate of drug-likeness (QED) is 0.778. The normalized spacial score (nSPS) is 10.4. The lowest BCUT2D eigenvalue weighted by atomic mass is 10.2. The molecule has 0 aliphatic carbocycles. The average molecular weight is 331 g/mol. The molecule has 0 atom stereocenters.